The van der Waals surface area contributed by atoms with Gasteiger partial charge in [0.25, 0.3) is 0 Å². The number of hydrogen-bond donors (Lipinski definition) is 2. The van der Waals surface area contributed by atoms with Crippen LogP contribution in [0.2, 0.25) is 0 Å². The minimum atomic E-state index is 0.197. The predicted octanol–water partition coefficient (Wildman–Crippen LogP) is 0.696. The molecule has 0 saturated carbocycles. The molecule has 3 N–H and O–H groups in total. The summed E-state index contributed by atoms with van der Waals surface area (Å²) in [5.74, 6) is 0.765. The highest BCUT2D eigenvalue weighted by molar-refractivity contribution is 5.75. The van der Waals surface area contributed by atoms with Gasteiger partial charge < -0.3 is 10.6 Å². The zero-order chi connectivity index (χ0) is 8.55. The molecule has 12 heavy (non-hydrogen) atoms. The predicted molar refractivity (Wildman–Crippen MR) is 48.8 cm³/mol. The number of hydrogen-bond acceptors (Lipinski definition) is 1. The molecule has 0 aromatic heterocycles. The van der Waals surface area contributed by atoms with Gasteiger partial charge in [0.2, 0.25) is 0 Å². The summed E-state index contributed by atoms with van der Waals surface area (Å²) in [4.78, 5) is 1.95. The van der Waals surface area contributed by atoms with Crippen LogP contribution < -0.4 is 5.73 Å². The number of rotatable bonds is 0. The van der Waals surface area contributed by atoms with E-state index in [4.69, 9.17) is 11.1 Å². The fourth-order valence-corrected chi connectivity index (χ4v) is 1.96. The summed E-state index contributed by atoms with van der Waals surface area (Å²) < 4.78 is 0. The molecule has 0 bridgehead atoms. The van der Waals surface area contributed by atoms with E-state index in [-0.39, 0.29) is 5.96 Å². The lowest BCUT2D eigenvalue weighted by atomic mass is 9.96. The van der Waals surface area contributed by atoms with Gasteiger partial charge in [0, 0.05) is 12.5 Å². The fraction of sp³-hybridized carbons (Fsp3) is 0.444. The minimum absolute atomic E-state index is 0.197. The first kappa shape index (κ1) is 7.40. The van der Waals surface area contributed by atoms with E-state index in [1.165, 1.54) is 0 Å². The molecule has 0 aromatic carbocycles. The van der Waals surface area contributed by atoms with Gasteiger partial charge in [-0.2, -0.15) is 0 Å². The highest BCUT2D eigenvalue weighted by Gasteiger charge is 2.32. The Balaban J connectivity index is 2.18. The van der Waals surface area contributed by atoms with Crippen LogP contribution in [-0.4, -0.2) is 23.4 Å². The van der Waals surface area contributed by atoms with Gasteiger partial charge in [0.1, 0.15) is 0 Å². The standard InChI is InChI=1S/C9H13N3/c10-9(11)12-6-5-7-3-1-2-4-8(7)12/h1-4,7-8H,5-6H2,(H3,10,11). The molecule has 3 heteroatoms. The second-order valence-corrected chi connectivity index (χ2v) is 3.29. The summed E-state index contributed by atoms with van der Waals surface area (Å²) in [6, 6.07) is 0.340. The lowest BCUT2D eigenvalue weighted by molar-refractivity contribution is 0.413. The molecule has 64 valence electrons. The van der Waals surface area contributed by atoms with Crippen molar-refractivity contribution in [2.45, 2.75) is 12.5 Å². The van der Waals surface area contributed by atoms with Crippen molar-refractivity contribution in [2.24, 2.45) is 11.7 Å². The second kappa shape index (κ2) is 2.66. The average Bonchev–Trinajstić information content (AvgIpc) is 2.47. The van der Waals surface area contributed by atoms with E-state index in [9.17, 15) is 0 Å². The molecular weight excluding hydrogens is 150 g/mol. The van der Waals surface area contributed by atoms with Gasteiger partial charge in [-0.1, -0.05) is 24.3 Å². The molecule has 2 unspecified atom stereocenters. The first-order valence-corrected chi connectivity index (χ1v) is 4.24. The van der Waals surface area contributed by atoms with E-state index in [1.807, 2.05) is 11.0 Å². The van der Waals surface area contributed by atoms with Crippen molar-refractivity contribution >= 4 is 5.96 Å². The Morgan fingerprint density at radius 2 is 2.17 bits per heavy atom. The second-order valence-electron chi connectivity index (χ2n) is 3.29. The zero-order valence-electron chi connectivity index (χ0n) is 6.90. The number of nitrogens with zero attached hydrogens (tertiary/aromatic N) is 1. The van der Waals surface area contributed by atoms with E-state index in [1.54, 1.807) is 0 Å². The third-order valence-corrected chi connectivity index (χ3v) is 2.59. The first-order chi connectivity index (χ1) is 5.79. The summed E-state index contributed by atoms with van der Waals surface area (Å²) in [5, 5.41) is 7.36. The normalized spacial score (nSPS) is 32.2. The molecule has 1 aliphatic heterocycles. The Morgan fingerprint density at radius 3 is 2.92 bits per heavy atom. The van der Waals surface area contributed by atoms with E-state index in [2.05, 4.69) is 18.2 Å². The van der Waals surface area contributed by atoms with Crippen molar-refractivity contribution in [3.63, 3.8) is 0 Å². The number of allylic oxidation sites excluding steroid dienone is 2. The summed E-state index contributed by atoms with van der Waals surface area (Å²) in [7, 11) is 0. The highest BCUT2D eigenvalue weighted by atomic mass is 15.3. The van der Waals surface area contributed by atoms with Crippen LogP contribution in [0.25, 0.3) is 0 Å². The minimum Gasteiger partial charge on any atom is -0.370 e. The molecule has 0 amide bonds. The number of nitrogens with two attached hydrogens (primary N) is 1. The van der Waals surface area contributed by atoms with Crippen LogP contribution in [-0.2, 0) is 0 Å². The molecule has 2 aliphatic rings. The summed E-state index contributed by atoms with van der Waals surface area (Å²) in [6.07, 6.45) is 9.55. The van der Waals surface area contributed by atoms with Crippen molar-refractivity contribution in [3.05, 3.63) is 24.3 Å². The zero-order valence-corrected chi connectivity index (χ0v) is 6.90. The fourth-order valence-electron chi connectivity index (χ4n) is 1.96. The van der Waals surface area contributed by atoms with Crippen LogP contribution in [0.1, 0.15) is 6.42 Å². The number of nitrogens with one attached hydrogen (secondary N) is 1. The molecule has 0 spiro atoms. The van der Waals surface area contributed by atoms with Crippen LogP contribution in [0.3, 0.4) is 0 Å². The molecule has 1 saturated heterocycles. The van der Waals surface area contributed by atoms with Gasteiger partial charge in [-0.15, -0.1) is 0 Å². The van der Waals surface area contributed by atoms with Crippen LogP contribution in [0.15, 0.2) is 24.3 Å². The smallest absolute Gasteiger partial charge is 0.188 e. The Kier molecular flexibility index (Phi) is 1.64. The Labute approximate surface area is 72.1 Å². The molecule has 2 atom stereocenters. The van der Waals surface area contributed by atoms with Crippen LogP contribution in [0.5, 0.6) is 0 Å². The maximum absolute atomic E-state index is 7.36. The van der Waals surface area contributed by atoms with E-state index in [0.717, 1.165) is 13.0 Å². The molecule has 2 rings (SSSR count). The maximum Gasteiger partial charge on any atom is 0.188 e. The van der Waals surface area contributed by atoms with Gasteiger partial charge in [-0.3, -0.25) is 5.41 Å². The topological polar surface area (TPSA) is 53.1 Å². The van der Waals surface area contributed by atoms with Crippen LogP contribution in [0, 0.1) is 11.3 Å². The Morgan fingerprint density at radius 1 is 1.42 bits per heavy atom. The molecule has 3 nitrogen and oxygen atoms in total. The molecule has 1 heterocycles. The molecule has 0 aromatic rings. The van der Waals surface area contributed by atoms with Crippen molar-refractivity contribution in [2.75, 3.05) is 6.54 Å². The first-order valence-electron chi connectivity index (χ1n) is 4.24. The van der Waals surface area contributed by atoms with Gasteiger partial charge >= 0.3 is 0 Å². The molecular formula is C9H13N3. The number of fused-ring (bicyclic) bond motifs is 1. The summed E-state index contributed by atoms with van der Waals surface area (Å²) in [6.45, 7) is 0.916. The third-order valence-electron chi connectivity index (χ3n) is 2.59. The molecule has 1 fully saturated rings. The molecule has 1 aliphatic carbocycles. The van der Waals surface area contributed by atoms with Gasteiger partial charge in [-0.25, -0.2) is 0 Å². The van der Waals surface area contributed by atoms with Gasteiger partial charge in [0.05, 0.1) is 6.04 Å². The average molecular weight is 163 g/mol. The monoisotopic (exact) mass is 163 g/mol. The number of guanidine groups is 1. The van der Waals surface area contributed by atoms with E-state index < -0.39 is 0 Å². The largest absolute Gasteiger partial charge is 0.370 e. The highest BCUT2D eigenvalue weighted by Crippen LogP contribution is 2.28. The maximum atomic E-state index is 7.36. The van der Waals surface area contributed by atoms with E-state index in [0.29, 0.717) is 12.0 Å². The summed E-state index contributed by atoms with van der Waals surface area (Å²) in [5.41, 5.74) is 5.46. The Hall–Kier alpha value is -1.25. The van der Waals surface area contributed by atoms with Crippen molar-refractivity contribution < 1.29 is 0 Å². The van der Waals surface area contributed by atoms with Gasteiger partial charge in [0.15, 0.2) is 5.96 Å². The van der Waals surface area contributed by atoms with Gasteiger partial charge in [-0.05, 0) is 6.42 Å². The quantitative estimate of drug-likeness (QED) is 0.408. The van der Waals surface area contributed by atoms with Crippen molar-refractivity contribution in [1.82, 2.24) is 4.90 Å². The summed E-state index contributed by atoms with van der Waals surface area (Å²) >= 11 is 0. The van der Waals surface area contributed by atoms with Crippen LogP contribution in [0.4, 0.5) is 0 Å². The van der Waals surface area contributed by atoms with Crippen molar-refractivity contribution in [1.29, 1.82) is 5.41 Å². The SMILES string of the molecule is N=C(N)N1CCC2C=CC=CC21. The lowest BCUT2D eigenvalue weighted by Crippen LogP contribution is -2.40. The lowest BCUT2D eigenvalue weighted by Gasteiger charge is -2.25. The van der Waals surface area contributed by atoms with Crippen molar-refractivity contribution in [3.8, 4) is 0 Å². The Bertz CT molecular complexity index is 254. The molecule has 0 radical (unpaired) electrons. The van der Waals surface area contributed by atoms with Crippen LogP contribution >= 0.6 is 0 Å². The van der Waals surface area contributed by atoms with E-state index >= 15 is 0 Å². The third kappa shape index (κ3) is 1.02. The number of likely N-dealkylation sites (tertiary alicyclic amines) is 1.